The summed E-state index contributed by atoms with van der Waals surface area (Å²) in [7, 11) is 3.88. The van der Waals surface area contributed by atoms with Crippen LogP contribution in [0.25, 0.3) is 0 Å². The van der Waals surface area contributed by atoms with Crippen LogP contribution in [0.4, 0.5) is 0 Å². The van der Waals surface area contributed by atoms with Crippen molar-refractivity contribution in [3.8, 4) is 0 Å². The van der Waals surface area contributed by atoms with Gasteiger partial charge in [-0.05, 0) is 27.4 Å². The lowest BCUT2D eigenvalue weighted by Gasteiger charge is -2.13. The lowest BCUT2D eigenvalue weighted by Crippen LogP contribution is -2.22. The molecule has 0 aromatic heterocycles. The first-order chi connectivity index (χ1) is 8.04. The Labute approximate surface area is 106 Å². The molecule has 1 fully saturated rings. The number of thioether (sulfide) groups is 1. The van der Waals surface area contributed by atoms with Gasteiger partial charge in [-0.25, -0.2) is 4.79 Å². The minimum absolute atomic E-state index is 0.0587. The van der Waals surface area contributed by atoms with Crippen LogP contribution in [-0.2, 0) is 14.3 Å². The number of rotatable bonds is 5. The van der Waals surface area contributed by atoms with Gasteiger partial charge in [0.25, 0.3) is 0 Å². The largest absolute Gasteiger partial charge is 0.463 e. The highest BCUT2D eigenvalue weighted by molar-refractivity contribution is 8.04. The van der Waals surface area contributed by atoms with Crippen LogP contribution >= 0.6 is 11.8 Å². The highest BCUT2D eigenvalue weighted by Gasteiger charge is 2.24. The molecule has 0 saturated carbocycles. The quantitative estimate of drug-likeness (QED) is 0.577. The van der Waals surface area contributed by atoms with Crippen LogP contribution in [-0.4, -0.2) is 49.8 Å². The van der Waals surface area contributed by atoms with E-state index in [9.17, 15) is 9.59 Å². The molecule has 1 aliphatic rings. The minimum atomic E-state index is -0.334. The molecule has 0 bridgehead atoms. The van der Waals surface area contributed by atoms with Gasteiger partial charge in [0.2, 0.25) is 5.91 Å². The molecule has 0 aromatic carbocycles. The van der Waals surface area contributed by atoms with Gasteiger partial charge in [0.05, 0.1) is 23.0 Å². The number of esters is 1. The van der Waals surface area contributed by atoms with Crippen LogP contribution in [0, 0.1) is 0 Å². The molecule has 0 aliphatic carbocycles. The average Bonchev–Trinajstić information content (AvgIpc) is 2.65. The van der Waals surface area contributed by atoms with Crippen LogP contribution < -0.4 is 5.32 Å². The number of carbonyl (C=O) groups is 2. The van der Waals surface area contributed by atoms with Gasteiger partial charge in [0.15, 0.2) is 0 Å². The molecule has 5 nitrogen and oxygen atoms in total. The zero-order valence-corrected chi connectivity index (χ0v) is 11.2. The van der Waals surface area contributed by atoms with Gasteiger partial charge in [0, 0.05) is 6.54 Å². The molecular weight excluding hydrogens is 240 g/mol. The topological polar surface area (TPSA) is 58.6 Å². The molecule has 6 heteroatoms. The number of hydrogen-bond acceptors (Lipinski definition) is 5. The summed E-state index contributed by atoms with van der Waals surface area (Å²) in [6.45, 7) is 2.86. The van der Waals surface area contributed by atoms with Gasteiger partial charge in [-0.2, -0.15) is 0 Å². The standard InChI is InChI=1S/C11H18N2O3S/c1-4-16-11(15)8(5-6-13(2)3)10-12-9(14)7-17-10/h4-7H2,1-3H3,(H,12,14)/b10-8+. The van der Waals surface area contributed by atoms with E-state index in [1.165, 1.54) is 11.8 Å². The van der Waals surface area contributed by atoms with Gasteiger partial charge in [-0.15, -0.1) is 0 Å². The summed E-state index contributed by atoms with van der Waals surface area (Å²) < 4.78 is 5.00. The summed E-state index contributed by atoms with van der Waals surface area (Å²) >= 11 is 1.36. The van der Waals surface area contributed by atoms with Crippen LogP contribution in [0.3, 0.4) is 0 Å². The lowest BCUT2D eigenvalue weighted by molar-refractivity contribution is -0.138. The summed E-state index contributed by atoms with van der Waals surface area (Å²) in [5, 5.41) is 3.35. The third kappa shape index (κ3) is 4.40. The van der Waals surface area contributed by atoms with Gasteiger partial charge in [-0.1, -0.05) is 11.8 Å². The van der Waals surface area contributed by atoms with Crippen molar-refractivity contribution in [1.29, 1.82) is 0 Å². The number of hydrogen-bond donors (Lipinski definition) is 1. The first kappa shape index (κ1) is 14.1. The Bertz CT molecular complexity index is 340. The smallest absolute Gasteiger partial charge is 0.336 e. The minimum Gasteiger partial charge on any atom is -0.463 e. The molecule has 1 amide bonds. The van der Waals surface area contributed by atoms with Crippen molar-refractivity contribution in [2.45, 2.75) is 13.3 Å². The highest BCUT2D eigenvalue weighted by Crippen LogP contribution is 2.25. The Balaban J connectivity index is 2.78. The SMILES string of the molecule is CCOC(=O)/C(CCN(C)C)=C1\NC(=O)CS1. The first-order valence-corrected chi connectivity index (χ1v) is 6.50. The van der Waals surface area contributed by atoms with E-state index in [1.54, 1.807) is 6.92 Å². The fourth-order valence-corrected chi connectivity index (χ4v) is 2.25. The Hall–Kier alpha value is -1.01. The van der Waals surface area contributed by atoms with Crippen molar-refractivity contribution in [2.75, 3.05) is 33.0 Å². The molecule has 0 spiro atoms. The molecule has 17 heavy (non-hydrogen) atoms. The van der Waals surface area contributed by atoms with E-state index in [4.69, 9.17) is 4.74 Å². The predicted octanol–water partition coefficient (Wildman–Crippen LogP) is 0.576. The average molecular weight is 258 g/mol. The van der Waals surface area contributed by atoms with E-state index in [-0.39, 0.29) is 11.9 Å². The Morgan fingerprint density at radius 1 is 1.53 bits per heavy atom. The van der Waals surface area contributed by atoms with E-state index in [2.05, 4.69) is 5.32 Å². The molecule has 1 saturated heterocycles. The van der Waals surface area contributed by atoms with Crippen molar-refractivity contribution in [1.82, 2.24) is 10.2 Å². The fourth-order valence-electron chi connectivity index (χ4n) is 1.36. The van der Waals surface area contributed by atoms with Crippen molar-refractivity contribution in [2.24, 2.45) is 0 Å². The van der Waals surface area contributed by atoms with Crippen molar-refractivity contribution in [3.05, 3.63) is 10.6 Å². The van der Waals surface area contributed by atoms with E-state index >= 15 is 0 Å². The number of carbonyl (C=O) groups excluding carboxylic acids is 2. The summed E-state index contributed by atoms with van der Waals surface area (Å²) in [5.41, 5.74) is 0.566. The van der Waals surface area contributed by atoms with Gasteiger partial charge in [0.1, 0.15) is 0 Å². The second-order valence-electron chi connectivity index (χ2n) is 3.92. The number of nitrogens with one attached hydrogen (secondary N) is 1. The first-order valence-electron chi connectivity index (χ1n) is 5.52. The monoisotopic (exact) mass is 258 g/mol. The van der Waals surface area contributed by atoms with Crippen molar-refractivity contribution < 1.29 is 14.3 Å². The van der Waals surface area contributed by atoms with E-state index < -0.39 is 0 Å². The third-order valence-corrected chi connectivity index (χ3v) is 3.25. The van der Waals surface area contributed by atoms with E-state index in [0.717, 1.165) is 6.54 Å². The maximum atomic E-state index is 11.8. The maximum Gasteiger partial charge on any atom is 0.336 e. The van der Waals surface area contributed by atoms with Crippen LogP contribution in [0.1, 0.15) is 13.3 Å². The zero-order chi connectivity index (χ0) is 12.8. The summed E-state index contributed by atoms with van der Waals surface area (Å²) in [5.74, 6) is -0.0177. The molecule has 1 heterocycles. The summed E-state index contributed by atoms with van der Waals surface area (Å²) in [6, 6.07) is 0. The second-order valence-corrected chi connectivity index (χ2v) is 4.90. The van der Waals surface area contributed by atoms with Gasteiger partial charge < -0.3 is 15.0 Å². The van der Waals surface area contributed by atoms with E-state index in [1.807, 2.05) is 19.0 Å². The van der Waals surface area contributed by atoms with Gasteiger partial charge >= 0.3 is 5.97 Å². The normalized spacial score (nSPS) is 18.2. The van der Waals surface area contributed by atoms with Gasteiger partial charge in [-0.3, -0.25) is 4.79 Å². The predicted molar refractivity (Wildman–Crippen MR) is 67.4 cm³/mol. The van der Waals surface area contributed by atoms with E-state index in [0.29, 0.717) is 29.4 Å². The fraction of sp³-hybridized carbons (Fsp3) is 0.636. The highest BCUT2D eigenvalue weighted by atomic mass is 32.2. The maximum absolute atomic E-state index is 11.8. The second kappa shape index (κ2) is 6.66. The van der Waals surface area contributed by atoms with Crippen LogP contribution in [0.15, 0.2) is 10.6 Å². The molecular formula is C11H18N2O3S. The van der Waals surface area contributed by atoms with Crippen molar-refractivity contribution in [3.63, 3.8) is 0 Å². The molecule has 1 N–H and O–H groups in total. The zero-order valence-electron chi connectivity index (χ0n) is 10.4. The molecule has 1 aliphatic heterocycles. The van der Waals surface area contributed by atoms with Crippen LogP contribution in [0.2, 0.25) is 0 Å². The van der Waals surface area contributed by atoms with Crippen molar-refractivity contribution >= 4 is 23.6 Å². The third-order valence-electron chi connectivity index (χ3n) is 2.21. The molecule has 1 rings (SSSR count). The molecule has 0 unspecified atom stereocenters. The number of ether oxygens (including phenoxy) is 1. The number of amides is 1. The Morgan fingerprint density at radius 2 is 2.24 bits per heavy atom. The Morgan fingerprint density at radius 3 is 2.71 bits per heavy atom. The van der Waals surface area contributed by atoms with Crippen LogP contribution in [0.5, 0.6) is 0 Å². The molecule has 0 radical (unpaired) electrons. The Kier molecular flexibility index (Phi) is 5.50. The number of nitrogens with zero attached hydrogens (tertiary/aromatic N) is 1. The summed E-state index contributed by atoms with van der Waals surface area (Å²) in [6.07, 6.45) is 0.578. The lowest BCUT2D eigenvalue weighted by atomic mass is 10.2. The molecule has 0 aromatic rings. The molecule has 96 valence electrons. The summed E-state index contributed by atoms with van der Waals surface area (Å²) in [4.78, 5) is 24.9. The molecule has 0 atom stereocenters.